The zero-order chi connectivity index (χ0) is 22.9. The molecule has 1 amide bonds. The Hall–Kier alpha value is -2.15. The summed E-state index contributed by atoms with van der Waals surface area (Å²) in [6, 6.07) is 4.86. The lowest BCUT2D eigenvalue weighted by Crippen LogP contribution is -2.55. The lowest BCUT2D eigenvalue weighted by molar-refractivity contribution is 0.00902. The third-order valence-corrected chi connectivity index (χ3v) is 6.70. The number of nitrogen functional groups attached to an aromatic ring is 1. The Bertz CT molecular complexity index is 802. The van der Waals surface area contributed by atoms with Gasteiger partial charge in [-0.2, -0.15) is 0 Å². The zero-order valence-electron chi connectivity index (χ0n) is 20.2. The van der Waals surface area contributed by atoms with Gasteiger partial charge in [-0.1, -0.05) is 6.92 Å². The molecule has 2 saturated heterocycles. The third-order valence-electron chi connectivity index (χ3n) is 6.70. The largest absolute Gasteiger partial charge is 0.488 e. The number of carbonyl (C=O) groups excluding carboxylic acids is 1. The van der Waals surface area contributed by atoms with Gasteiger partial charge in [0.1, 0.15) is 11.4 Å². The van der Waals surface area contributed by atoms with Crippen molar-refractivity contribution in [3.8, 4) is 5.75 Å². The Morgan fingerprint density at radius 3 is 2.25 bits per heavy atom. The number of nitrogens with two attached hydrogens (primary N) is 1. The summed E-state index contributed by atoms with van der Waals surface area (Å²) in [7, 11) is 0. The second kappa shape index (κ2) is 9.38. The smallest absolute Gasteiger partial charge is 0.410 e. The van der Waals surface area contributed by atoms with Crippen molar-refractivity contribution < 1.29 is 14.3 Å². The van der Waals surface area contributed by atoms with Crippen molar-refractivity contribution in [3.05, 3.63) is 17.7 Å². The standard InChI is InChI=1S/C25H40N4O3/c1-5-18-16-21(26)23(31-20-6-7-20)17-22(18)28-10-8-19(9-11-28)27-12-14-29(15-13-27)24(30)32-25(2,3)4/h16-17,19-20H,5-15,26H2,1-4H3. The molecule has 1 aromatic rings. The maximum atomic E-state index is 12.3. The maximum Gasteiger partial charge on any atom is 0.410 e. The van der Waals surface area contributed by atoms with Crippen molar-refractivity contribution in [3.63, 3.8) is 0 Å². The van der Waals surface area contributed by atoms with Crippen LogP contribution in [0, 0.1) is 0 Å². The summed E-state index contributed by atoms with van der Waals surface area (Å²) < 4.78 is 11.6. The van der Waals surface area contributed by atoms with Gasteiger partial charge in [0.25, 0.3) is 0 Å². The quantitative estimate of drug-likeness (QED) is 0.695. The molecule has 3 fully saturated rings. The Kier molecular flexibility index (Phi) is 6.75. The van der Waals surface area contributed by atoms with Crippen molar-refractivity contribution in [2.24, 2.45) is 0 Å². The van der Waals surface area contributed by atoms with Gasteiger partial charge in [0.15, 0.2) is 0 Å². The predicted molar refractivity (Wildman–Crippen MR) is 128 cm³/mol. The van der Waals surface area contributed by atoms with E-state index >= 15 is 0 Å². The number of hydrogen-bond acceptors (Lipinski definition) is 6. The summed E-state index contributed by atoms with van der Waals surface area (Å²) in [6.07, 6.45) is 5.68. The first-order chi connectivity index (χ1) is 15.2. The first kappa shape index (κ1) is 23.0. The lowest BCUT2D eigenvalue weighted by atomic mass is 9.99. The minimum Gasteiger partial charge on any atom is -0.488 e. The minimum atomic E-state index is -0.440. The number of aryl methyl sites for hydroxylation is 1. The number of piperidine rings is 1. The van der Waals surface area contributed by atoms with Gasteiger partial charge < -0.3 is 25.0 Å². The van der Waals surface area contributed by atoms with Gasteiger partial charge in [0.05, 0.1) is 11.8 Å². The molecule has 2 heterocycles. The normalized spacial score (nSPS) is 21.0. The number of ether oxygens (including phenoxy) is 2. The number of rotatable bonds is 5. The van der Waals surface area contributed by atoms with E-state index in [1.165, 1.54) is 11.3 Å². The first-order valence-corrected chi connectivity index (χ1v) is 12.3. The molecule has 4 rings (SSSR count). The molecule has 2 N–H and O–H groups in total. The van der Waals surface area contributed by atoms with Crippen LogP contribution in [0.4, 0.5) is 16.2 Å². The van der Waals surface area contributed by atoms with Crippen molar-refractivity contribution in [1.82, 2.24) is 9.80 Å². The summed E-state index contributed by atoms with van der Waals surface area (Å²) in [5, 5.41) is 0. The molecule has 0 radical (unpaired) electrons. The van der Waals surface area contributed by atoms with Crippen LogP contribution in [0.5, 0.6) is 5.75 Å². The van der Waals surface area contributed by atoms with Crippen LogP contribution in [-0.4, -0.2) is 72.9 Å². The van der Waals surface area contributed by atoms with Gasteiger partial charge in [0.2, 0.25) is 0 Å². The van der Waals surface area contributed by atoms with E-state index in [2.05, 4.69) is 28.9 Å². The summed E-state index contributed by atoms with van der Waals surface area (Å²) in [6.45, 7) is 13.4. The van der Waals surface area contributed by atoms with Crippen molar-refractivity contribution in [2.45, 2.75) is 77.5 Å². The van der Waals surface area contributed by atoms with Crippen LogP contribution in [0.2, 0.25) is 0 Å². The molecular weight excluding hydrogens is 404 g/mol. The molecule has 32 heavy (non-hydrogen) atoms. The molecule has 0 bridgehead atoms. The molecule has 0 atom stereocenters. The second-order valence-corrected chi connectivity index (χ2v) is 10.4. The van der Waals surface area contributed by atoms with Gasteiger partial charge in [-0.05, 0) is 64.5 Å². The van der Waals surface area contributed by atoms with Gasteiger partial charge in [-0.15, -0.1) is 0 Å². The Labute approximate surface area is 192 Å². The minimum absolute atomic E-state index is 0.188. The fraction of sp³-hybridized carbons (Fsp3) is 0.720. The molecule has 0 aromatic heterocycles. The topological polar surface area (TPSA) is 71.3 Å². The fourth-order valence-electron chi connectivity index (χ4n) is 4.75. The summed E-state index contributed by atoms with van der Waals surface area (Å²) in [5.41, 5.74) is 9.17. The Morgan fingerprint density at radius 2 is 1.69 bits per heavy atom. The molecular formula is C25H40N4O3. The molecule has 7 heteroatoms. The summed E-state index contributed by atoms with van der Waals surface area (Å²) in [5.74, 6) is 0.847. The average Bonchev–Trinajstić information content (AvgIpc) is 3.58. The highest BCUT2D eigenvalue weighted by atomic mass is 16.6. The van der Waals surface area contributed by atoms with Crippen LogP contribution in [0.1, 0.15) is 58.9 Å². The van der Waals surface area contributed by atoms with Crippen LogP contribution in [0.3, 0.4) is 0 Å². The molecule has 178 valence electrons. The molecule has 7 nitrogen and oxygen atoms in total. The number of hydrogen-bond donors (Lipinski definition) is 1. The number of anilines is 2. The maximum absolute atomic E-state index is 12.3. The number of benzene rings is 1. The van der Waals surface area contributed by atoms with Crippen molar-refractivity contribution in [2.75, 3.05) is 49.9 Å². The van der Waals surface area contributed by atoms with E-state index in [1.54, 1.807) is 0 Å². The van der Waals surface area contributed by atoms with Gasteiger partial charge in [-0.25, -0.2) is 4.79 Å². The van der Waals surface area contributed by atoms with E-state index in [0.717, 1.165) is 82.8 Å². The summed E-state index contributed by atoms with van der Waals surface area (Å²) >= 11 is 0. The zero-order valence-corrected chi connectivity index (χ0v) is 20.2. The van der Waals surface area contributed by atoms with Crippen LogP contribution < -0.4 is 15.4 Å². The first-order valence-electron chi connectivity index (χ1n) is 12.3. The predicted octanol–water partition coefficient (Wildman–Crippen LogP) is 3.89. The van der Waals surface area contributed by atoms with Gasteiger partial charge in [-0.3, -0.25) is 4.90 Å². The molecule has 0 unspecified atom stereocenters. The molecule has 1 aromatic carbocycles. The molecule has 1 aliphatic carbocycles. The van der Waals surface area contributed by atoms with E-state index in [1.807, 2.05) is 25.7 Å². The van der Waals surface area contributed by atoms with Crippen LogP contribution in [-0.2, 0) is 11.2 Å². The highest BCUT2D eigenvalue weighted by Crippen LogP contribution is 2.37. The average molecular weight is 445 g/mol. The highest BCUT2D eigenvalue weighted by molar-refractivity contribution is 5.68. The molecule has 2 aliphatic heterocycles. The monoisotopic (exact) mass is 444 g/mol. The van der Waals surface area contributed by atoms with Crippen LogP contribution in [0.15, 0.2) is 12.1 Å². The van der Waals surface area contributed by atoms with E-state index in [4.69, 9.17) is 15.2 Å². The number of carbonyl (C=O) groups is 1. The van der Waals surface area contributed by atoms with Crippen molar-refractivity contribution in [1.29, 1.82) is 0 Å². The fourth-order valence-corrected chi connectivity index (χ4v) is 4.75. The summed E-state index contributed by atoms with van der Waals surface area (Å²) in [4.78, 5) is 19.3. The third kappa shape index (κ3) is 5.61. The van der Waals surface area contributed by atoms with Gasteiger partial charge in [0, 0.05) is 57.1 Å². The lowest BCUT2D eigenvalue weighted by Gasteiger charge is -2.43. The number of nitrogens with zero attached hydrogens (tertiary/aromatic N) is 3. The highest BCUT2D eigenvalue weighted by Gasteiger charge is 2.31. The van der Waals surface area contributed by atoms with E-state index in [0.29, 0.717) is 12.1 Å². The van der Waals surface area contributed by atoms with Crippen LogP contribution >= 0.6 is 0 Å². The number of amides is 1. The number of piperazine rings is 1. The van der Waals surface area contributed by atoms with Gasteiger partial charge >= 0.3 is 6.09 Å². The van der Waals surface area contributed by atoms with E-state index < -0.39 is 5.60 Å². The SMILES string of the molecule is CCc1cc(N)c(OC2CC2)cc1N1CCC(N2CCN(C(=O)OC(C)(C)C)CC2)CC1. The van der Waals surface area contributed by atoms with Crippen molar-refractivity contribution >= 4 is 17.5 Å². The molecule has 3 aliphatic rings. The van der Waals surface area contributed by atoms with Crippen LogP contribution in [0.25, 0.3) is 0 Å². The second-order valence-electron chi connectivity index (χ2n) is 10.4. The van der Waals surface area contributed by atoms with E-state index in [9.17, 15) is 4.79 Å². The molecule has 0 spiro atoms. The Balaban J connectivity index is 1.31. The molecule has 1 saturated carbocycles. The van der Waals surface area contributed by atoms with E-state index in [-0.39, 0.29) is 6.09 Å². The Morgan fingerprint density at radius 1 is 1.03 bits per heavy atom.